The highest BCUT2D eigenvalue weighted by molar-refractivity contribution is 6.34. The normalized spacial score (nSPS) is 13.4. The predicted molar refractivity (Wildman–Crippen MR) is 94.4 cm³/mol. The Labute approximate surface area is 139 Å². The monoisotopic (exact) mass is 313 g/mol. The molecule has 0 fully saturated rings. The van der Waals surface area contributed by atoms with E-state index < -0.39 is 0 Å². The predicted octanol–water partition coefficient (Wildman–Crippen LogP) is 4.52. The molecule has 0 saturated heterocycles. The Kier molecular flexibility index (Phi) is 6.57. The first-order valence-corrected chi connectivity index (χ1v) is 8.86. The fourth-order valence-corrected chi connectivity index (χ4v) is 3.05. The van der Waals surface area contributed by atoms with Crippen LogP contribution in [-0.4, -0.2) is 18.2 Å². The molecule has 3 nitrogen and oxygen atoms in total. The van der Waals surface area contributed by atoms with E-state index in [-0.39, 0.29) is 11.7 Å². The molecule has 0 spiro atoms. The maximum atomic E-state index is 12.7. The van der Waals surface area contributed by atoms with E-state index in [4.69, 9.17) is 0 Å². The second-order valence-electron chi connectivity index (χ2n) is 6.15. The van der Waals surface area contributed by atoms with Crippen molar-refractivity contribution < 1.29 is 9.59 Å². The van der Waals surface area contributed by atoms with Crippen LogP contribution in [-0.2, 0) is 4.79 Å². The zero-order chi connectivity index (χ0) is 16.7. The van der Waals surface area contributed by atoms with Crippen LogP contribution in [0.25, 0.3) is 5.57 Å². The standard InChI is InChI=1S/C20H27NO2/c1-3-5-7-8-12-16-15-11-9-10-13-17(15)19(22)18(16)20(23)21-14-6-4-2/h9-11,13H,3-8,12,14H2,1-2H3,(H,21,23). The SMILES string of the molecule is CCCCCCC1=C(C(=O)NCCCC)C(=O)c2ccccc21. The highest BCUT2D eigenvalue weighted by atomic mass is 16.2. The highest BCUT2D eigenvalue weighted by Crippen LogP contribution is 2.36. The molecule has 3 heteroatoms. The Morgan fingerprint density at radius 3 is 2.35 bits per heavy atom. The summed E-state index contributed by atoms with van der Waals surface area (Å²) >= 11 is 0. The topological polar surface area (TPSA) is 46.2 Å². The molecule has 2 rings (SSSR count). The molecular weight excluding hydrogens is 286 g/mol. The van der Waals surface area contributed by atoms with Gasteiger partial charge in [0.2, 0.25) is 0 Å². The Balaban J connectivity index is 2.21. The van der Waals surface area contributed by atoms with E-state index in [1.165, 1.54) is 12.8 Å². The maximum absolute atomic E-state index is 12.7. The van der Waals surface area contributed by atoms with Gasteiger partial charge >= 0.3 is 0 Å². The van der Waals surface area contributed by atoms with Crippen molar-refractivity contribution in [2.45, 2.75) is 58.8 Å². The minimum absolute atomic E-state index is 0.111. The number of hydrogen-bond donors (Lipinski definition) is 1. The molecule has 0 atom stereocenters. The van der Waals surface area contributed by atoms with Gasteiger partial charge in [0.25, 0.3) is 5.91 Å². The molecule has 0 bridgehead atoms. The lowest BCUT2D eigenvalue weighted by molar-refractivity contribution is -0.117. The van der Waals surface area contributed by atoms with Crippen molar-refractivity contribution in [2.75, 3.05) is 6.54 Å². The van der Waals surface area contributed by atoms with E-state index in [9.17, 15) is 9.59 Å². The third-order valence-corrected chi connectivity index (χ3v) is 4.35. The van der Waals surface area contributed by atoms with Gasteiger partial charge in [0.1, 0.15) is 0 Å². The molecule has 124 valence electrons. The summed E-state index contributed by atoms with van der Waals surface area (Å²) < 4.78 is 0. The van der Waals surface area contributed by atoms with Gasteiger partial charge in [-0.25, -0.2) is 0 Å². The zero-order valence-electron chi connectivity index (χ0n) is 14.3. The van der Waals surface area contributed by atoms with Crippen molar-refractivity contribution in [1.29, 1.82) is 0 Å². The van der Waals surface area contributed by atoms with Crippen LogP contribution >= 0.6 is 0 Å². The van der Waals surface area contributed by atoms with Crippen molar-refractivity contribution >= 4 is 17.3 Å². The van der Waals surface area contributed by atoms with Gasteiger partial charge < -0.3 is 5.32 Å². The molecule has 0 unspecified atom stereocenters. The van der Waals surface area contributed by atoms with Gasteiger partial charge in [0.15, 0.2) is 5.78 Å². The Bertz CT molecular complexity index is 601. The first kappa shape index (κ1) is 17.5. The summed E-state index contributed by atoms with van der Waals surface area (Å²) in [5.74, 6) is -0.315. The van der Waals surface area contributed by atoms with E-state index in [1.807, 2.05) is 24.3 Å². The van der Waals surface area contributed by atoms with Gasteiger partial charge in [-0.05, 0) is 30.4 Å². The Hall–Kier alpha value is -1.90. The minimum atomic E-state index is -0.204. The summed E-state index contributed by atoms with van der Waals surface area (Å²) in [5, 5.41) is 2.90. The first-order chi connectivity index (χ1) is 11.2. The number of hydrogen-bond acceptors (Lipinski definition) is 2. The quantitative estimate of drug-likeness (QED) is 0.538. The molecule has 0 radical (unpaired) electrons. The third-order valence-electron chi connectivity index (χ3n) is 4.35. The van der Waals surface area contributed by atoms with E-state index in [1.54, 1.807) is 0 Å². The Morgan fingerprint density at radius 1 is 0.957 bits per heavy atom. The summed E-state index contributed by atoms with van der Waals surface area (Å²) in [5.41, 5.74) is 2.95. The van der Waals surface area contributed by atoms with Crippen molar-refractivity contribution in [1.82, 2.24) is 5.32 Å². The maximum Gasteiger partial charge on any atom is 0.255 e. The van der Waals surface area contributed by atoms with Crippen molar-refractivity contribution in [2.24, 2.45) is 0 Å². The molecule has 1 aromatic carbocycles. The molecule has 1 aliphatic rings. The smallest absolute Gasteiger partial charge is 0.255 e. The summed E-state index contributed by atoms with van der Waals surface area (Å²) in [7, 11) is 0. The van der Waals surface area contributed by atoms with Crippen LogP contribution in [0.4, 0.5) is 0 Å². The van der Waals surface area contributed by atoms with Crippen molar-refractivity contribution in [3.63, 3.8) is 0 Å². The minimum Gasteiger partial charge on any atom is -0.352 e. The van der Waals surface area contributed by atoms with E-state index in [0.717, 1.165) is 43.2 Å². The lowest BCUT2D eigenvalue weighted by Gasteiger charge is -2.08. The van der Waals surface area contributed by atoms with Crippen molar-refractivity contribution in [3.05, 3.63) is 41.0 Å². The number of benzene rings is 1. The summed E-state index contributed by atoms with van der Waals surface area (Å²) in [6.07, 6.45) is 7.31. The lowest BCUT2D eigenvalue weighted by Crippen LogP contribution is -2.28. The van der Waals surface area contributed by atoms with E-state index >= 15 is 0 Å². The average Bonchev–Trinajstić information content (AvgIpc) is 2.85. The van der Waals surface area contributed by atoms with Crippen LogP contribution in [0, 0.1) is 0 Å². The number of Topliss-reactive ketones (excluding diaryl/α,β-unsaturated/α-hetero) is 1. The number of unbranched alkanes of at least 4 members (excludes halogenated alkanes) is 4. The van der Waals surface area contributed by atoms with Gasteiger partial charge in [-0.1, -0.05) is 63.8 Å². The molecule has 1 aromatic rings. The zero-order valence-corrected chi connectivity index (χ0v) is 14.3. The number of fused-ring (bicyclic) bond motifs is 1. The second-order valence-corrected chi connectivity index (χ2v) is 6.15. The fourth-order valence-electron chi connectivity index (χ4n) is 3.05. The molecular formula is C20H27NO2. The molecule has 1 amide bonds. The lowest BCUT2D eigenvalue weighted by atomic mass is 9.98. The van der Waals surface area contributed by atoms with Crippen LogP contribution in [0.1, 0.15) is 74.7 Å². The molecule has 23 heavy (non-hydrogen) atoms. The molecule has 1 aliphatic carbocycles. The highest BCUT2D eigenvalue weighted by Gasteiger charge is 2.32. The molecule has 1 N–H and O–H groups in total. The molecule has 0 saturated carbocycles. The Morgan fingerprint density at radius 2 is 1.65 bits per heavy atom. The van der Waals surface area contributed by atoms with Gasteiger partial charge in [-0.3, -0.25) is 9.59 Å². The van der Waals surface area contributed by atoms with Crippen LogP contribution in [0.5, 0.6) is 0 Å². The number of amides is 1. The number of carbonyl (C=O) groups is 2. The van der Waals surface area contributed by atoms with Crippen LogP contribution in [0.2, 0.25) is 0 Å². The van der Waals surface area contributed by atoms with Gasteiger partial charge in [0, 0.05) is 12.1 Å². The fraction of sp³-hybridized carbons (Fsp3) is 0.500. The van der Waals surface area contributed by atoms with Crippen LogP contribution in [0.3, 0.4) is 0 Å². The van der Waals surface area contributed by atoms with Gasteiger partial charge in [0.05, 0.1) is 5.57 Å². The van der Waals surface area contributed by atoms with Crippen LogP contribution < -0.4 is 5.32 Å². The number of carbonyl (C=O) groups excluding carboxylic acids is 2. The number of rotatable bonds is 9. The molecule has 0 heterocycles. The summed E-state index contributed by atoms with van der Waals surface area (Å²) in [6, 6.07) is 7.60. The number of nitrogens with one attached hydrogen (secondary N) is 1. The molecule has 0 aromatic heterocycles. The van der Waals surface area contributed by atoms with E-state index in [2.05, 4.69) is 19.2 Å². The van der Waals surface area contributed by atoms with Crippen LogP contribution in [0.15, 0.2) is 29.8 Å². The third kappa shape index (κ3) is 4.10. The number of ketones is 1. The average molecular weight is 313 g/mol. The van der Waals surface area contributed by atoms with Crippen molar-refractivity contribution in [3.8, 4) is 0 Å². The van der Waals surface area contributed by atoms with Gasteiger partial charge in [-0.15, -0.1) is 0 Å². The summed E-state index contributed by atoms with van der Waals surface area (Å²) in [4.78, 5) is 25.2. The van der Waals surface area contributed by atoms with E-state index in [0.29, 0.717) is 17.7 Å². The molecule has 0 aliphatic heterocycles. The first-order valence-electron chi connectivity index (χ1n) is 8.86. The number of allylic oxidation sites excluding steroid dienone is 1. The summed E-state index contributed by atoms with van der Waals surface area (Å²) in [6.45, 7) is 4.90. The largest absolute Gasteiger partial charge is 0.352 e. The second kappa shape index (κ2) is 8.66. The van der Waals surface area contributed by atoms with Gasteiger partial charge in [-0.2, -0.15) is 0 Å².